The molecule has 2 heterocycles. The number of fused-ring (bicyclic) bond motifs is 1. The Labute approximate surface area is 214 Å². The molecule has 0 radical (unpaired) electrons. The maximum absolute atomic E-state index is 13.5. The minimum absolute atomic E-state index is 0.0599. The number of aromatic nitrogens is 1. The molecule has 1 aromatic heterocycles. The number of hydrogen-bond donors (Lipinski definition) is 2. The van der Waals surface area contributed by atoms with Crippen molar-refractivity contribution in [3.63, 3.8) is 0 Å². The number of nitrogens with one attached hydrogen (secondary N) is 2. The van der Waals surface area contributed by atoms with E-state index in [0.717, 1.165) is 18.7 Å². The summed E-state index contributed by atoms with van der Waals surface area (Å²) in [5, 5.41) is 5.58. The van der Waals surface area contributed by atoms with Gasteiger partial charge in [0.1, 0.15) is 12.4 Å². The molecule has 9 heteroatoms. The van der Waals surface area contributed by atoms with E-state index in [-0.39, 0.29) is 30.0 Å². The van der Waals surface area contributed by atoms with Crippen LogP contribution in [-0.4, -0.2) is 79.3 Å². The van der Waals surface area contributed by atoms with Gasteiger partial charge in [0.25, 0.3) is 5.91 Å². The summed E-state index contributed by atoms with van der Waals surface area (Å²) in [7, 11) is 3.45. The molecule has 1 aliphatic rings. The Morgan fingerprint density at radius 3 is 2.72 bits per heavy atom. The van der Waals surface area contributed by atoms with Crippen molar-refractivity contribution >= 4 is 17.6 Å². The van der Waals surface area contributed by atoms with Gasteiger partial charge in [-0.05, 0) is 49.6 Å². The fraction of sp³-hybridized carbons (Fsp3) is 0.519. The van der Waals surface area contributed by atoms with Crippen molar-refractivity contribution in [3.8, 4) is 5.75 Å². The van der Waals surface area contributed by atoms with Crippen molar-refractivity contribution in [1.82, 2.24) is 20.1 Å². The monoisotopic (exact) mass is 497 g/mol. The molecule has 0 spiro atoms. The summed E-state index contributed by atoms with van der Waals surface area (Å²) in [6.45, 7) is 9.09. The van der Waals surface area contributed by atoms with Crippen LogP contribution in [0.25, 0.3) is 0 Å². The number of benzene rings is 1. The maximum Gasteiger partial charge on any atom is 0.319 e. The second-order valence-electron chi connectivity index (χ2n) is 9.44. The van der Waals surface area contributed by atoms with Crippen molar-refractivity contribution < 1.29 is 19.1 Å². The number of hydrogen-bond acceptors (Lipinski definition) is 6. The summed E-state index contributed by atoms with van der Waals surface area (Å²) >= 11 is 0. The molecule has 0 fully saturated rings. The molecule has 36 heavy (non-hydrogen) atoms. The molecular weight excluding hydrogens is 458 g/mol. The van der Waals surface area contributed by atoms with Gasteiger partial charge >= 0.3 is 6.03 Å². The van der Waals surface area contributed by atoms with E-state index in [2.05, 4.69) is 34.4 Å². The second kappa shape index (κ2) is 13.2. The Bertz CT molecular complexity index is 1000. The highest BCUT2D eigenvalue weighted by atomic mass is 16.5. The van der Waals surface area contributed by atoms with Gasteiger partial charge in [0.15, 0.2) is 0 Å². The number of pyridine rings is 1. The number of likely N-dealkylation sites (N-methyl/N-ethyl adjacent to an activating group) is 1. The lowest BCUT2D eigenvalue weighted by molar-refractivity contribution is 0.00901. The van der Waals surface area contributed by atoms with Crippen molar-refractivity contribution in [2.24, 2.45) is 5.92 Å². The van der Waals surface area contributed by atoms with Gasteiger partial charge in [0.05, 0.1) is 17.4 Å². The number of carbonyl (C=O) groups is 2. The molecule has 1 aromatic carbocycles. The number of carbonyl (C=O) groups excluding carboxylic acids is 2. The smallest absolute Gasteiger partial charge is 0.319 e. The Morgan fingerprint density at radius 2 is 2.03 bits per heavy atom. The van der Waals surface area contributed by atoms with E-state index >= 15 is 0 Å². The zero-order valence-electron chi connectivity index (χ0n) is 22.0. The zero-order valence-corrected chi connectivity index (χ0v) is 22.0. The number of urea groups is 1. The molecule has 0 aliphatic carbocycles. The Hall–Kier alpha value is -3.17. The fourth-order valence-corrected chi connectivity index (χ4v) is 4.26. The van der Waals surface area contributed by atoms with E-state index in [1.165, 1.54) is 0 Å². The Kier molecular flexibility index (Phi) is 10.1. The van der Waals surface area contributed by atoms with Gasteiger partial charge < -0.3 is 25.0 Å². The summed E-state index contributed by atoms with van der Waals surface area (Å²) in [5.74, 6) is 0.458. The molecule has 0 bridgehead atoms. The van der Waals surface area contributed by atoms with Gasteiger partial charge in [-0.25, -0.2) is 4.79 Å². The highest BCUT2D eigenvalue weighted by Crippen LogP contribution is 2.26. The summed E-state index contributed by atoms with van der Waals surface area (Å²) in [4.78, 5) is 34.1. The van der Waals surface area contributed by atoms with Crippen LogP contribution in [0.4, 0.5) is 10.5 Å². The molecule has 3 rings (SSSR count). The lowest BCUT2D eigenvalue weighted by Gasteiger charge is -2.35. The van der Waals surface area contributed by atoms with Gasteiger partial charge in [0.2, 0.25) is 0 Å². The van der Waals surface area contributed by atoms with Gasteiger partial charge in [-0.3, -0.25) is 14.7 Å². The number of anilines is 1. The lowest BCUT2D eigenvalue weighted by atomic mass is 10.0. The van der Waals surface area contributed by atoms with E-state index < -0.39 is 0 Å². The molecule has 3 amide bonds. The second-order valence-corrected chi connectivity index (χ2v) is 9.44. The van der Waals surface area contributed by atoms with Crippen LogP contribution in [0.5, 0.6) is 5.75 Å². The molecule has 2 aromatic rings. The largest absolute Gasteiger partial charge is 0.491 e. The van der Waals surface area contributed by atoms with Crippen LogP contribution in [0, 0.1) is 5.92 Å². The normalized spacial score (nSPS) is 21.5. The quantitative estimate of drug-likeness (QED) is 0.633. The van der Waals surface area contributed by atoms with E-state index in [1.807, 2.05) is 25.1 Å². The molecule has 0 unspecified atom stereocenters. The van der Waals surface area contributed by atoms with Crippen LogP contribution >= 0.6 is 0 Å². The van der Waals surface area contributed by atoms with Crippen molar-refractivity contribution in [3.05, 3.63) is 53.9 Å². The van der Waals surface area contributed by atoms with E-state index in [1.54, 1.807) is 43.5 Å². The third-order valence-electron chi connectivity index (χ3n) is 6.46. The summed E-state index contributed by atoms with van der Waals surface area (Å²) in [5.41, 5.74) is 1.92. The van der Waals surface area contributed by atoms with E-state index in [0.29, 0.717) is 43.2 Å². The SMILES string of the molecule is CCCNC(=O)Nc1ccc2c(c1)C(=O)N(C)C[C@@H](OC)[C@@H](C)CN(Cc1ccccn1)[C@@H](C)CO2. The molecule has 196 valence electrons. The van der Waals surface area contributed by atoms with Gasteiger partial charge in [-0.2, -0.15) is 0 Å². The van der Waals surface area contributed by atoms with Crippen LogP contribution in [0.15, 0.2) is 42.6 Å². The highest BCUT2D eigenvalue weighted by Gasteiger charge is 2.28. The first-order valence-electron chi connectivity index (χ1n) is 12.6. The first-order valence-corrected chi connectivity index (χ1v) is 12.6. The Morgan fingerprint density at radius 1 is 1.22 bits per heavy atom. The van der Waals surface area contributed by atoms with Crippen molar-refractivity contribution in [1.29, 1.82) is 0 Å². The highest BCUT2D eigenvalue weighted by molar-refractivity contribution is 5.99. The first kappa shape index (κ1) is 27.4. The van der Waals surface area contributed by atoms with E-state index in [4.69, 9.17) is 9.47 Å². The molecule has 1 aliphatic heterocycles. The molecule has 9 nitrogen and oxygen atoms in total. The maximum atomic E-state index is 13.5. The van der Waals surface area contributed by atoms with Crippen molar-refractivity contribution in [2.45, 2.75) is 45.9 Å². The predicted molar refractivity (Wildman–Crippen MR) is 140 cm³/mol. The summed E-state index contributed by atoms with van der Waals surface area (Å²) in [6, 6.07) is 10.8. The minimum atomic E-state index is -0.307. The number of methoxy groups -OCH3 is 1. The van der Waals surface area contributed by atoms with Crippen LogP contribution in [-0.2, 0) is 11.3 Å². The average molecular weight is 498 g/mol. The summed E-state index contributed by atoms with van der Waals surface area (Å²) in [6.07, 6.45) is 2.49. The number of ether oxygens (including phenoxy) is 2. The number of rotatable bonds is 6. The van der Waals surface area contributed by atoms with Gasteiger partial charge in [0, 0.05) is 58.3 Å². The fourth-order valence-electron chi connectivity index (χ4n) is 4.26. The first-order chi connectivity index (χ1) is 17.3. The average Bonchev–Trinajstić information content (AvgIpc) is 2.88. The number of nitrogens with zero attached hydrogens (tertiary/aromatic N) is 3. The third-order valence-corrected chi connectivity index (χ3v) is 6.46. The van der Waals surface area contributed by atoms with Crippen molar-refractivity contribution in [2.75, 3.05) is 45.7 Å². The van der Waals surface area contributed by atoms with Gasteiger partial charge in [-0.15, -0.1) is 0 Å². The molecule has 3 atom stereocenters. The van der Waals surface area contributed by atoms with Crippen LogP contribution in [0.2, 0.25) is 0 Å². The third kappa shape index (κ3) is 7.41. The molecule has 2 N–H and O–H groups in total. The van der Waals surface area contributed by atoms with Crippen LogP contribution < -0.4 is 15.4 Å². The lowest BCUT2D eigenvalue weighted by Crippen LogP contribution is -2.46. The molecule has 0 saturated heterocycles. The minimum Gasteiger partial charge on any atom is -0.491 e. The van der Waals surface area contributed by atoms with Crippen LogP contribution in [0.3, 0.4) is 0 Å². The van der Waals surface area contributed by atoms with Crippen LogP contribution in [0.1, 0.15) is 43.2 Å². The van der Waals surface area contributed by atoms with Gasteiger partial charge in [-0.1, -0.05) is 19.9 Å². The molecular formula is C27H39N5O4. The predicted octanol–water partition coefficient (Wildman–Crippen LogP) is 3.62. The standard InChI is InChI=1S/C27H39N5O4/c1-6-12-29-27(34)30-21-10-11-24-23(14-21)26(33)31(4)17-25(35-5)19(2)15-32(20(3)18-36-24)16-22-9-7-8-13-28-22/h7-11,13-14,19-20,25H,6,12,15-18H2,1-5H3,(H2,29,30,34)/t19-,20-,25+/m0/s1. The summed E-state index contributed by atoms with van der Waals surface area (Å²) < 4.78 is 12.0. The molecule has 0 saturated carbocycles. The van der Waals surface area contributed by atoms with E-state index in [9.17, 15) is 9.59 Å². The Balaban J connectivity index is 1.89. The zero-order chi connectivity index (χ0) is 26.1. The number of amides is 3. The topological polar surface area (TPSA) is 96.0 Å².